The molecular weight excluding hydrogens is 881 g/mol. The van der Waals surface area contributed by atoms with Crippen LogP contribution in [0.5, 0.6) is 11.5 Å². The number of rotatable bonds is 9. The molecule has 4 heterocycles. The summed E-state index contributed by atoms with van der Waals surface area (Å²) in [6.45, 7) is 1.92. The quantitative estimate of drug-likeness (QED) is 0.101. The Hall–Kier alpha value is -9.76. The molecule has 69 heavy (non-hydrogen) atoms. The fourth-order valence-corrected chi connectivity index (χ4v) is 8.96. The smallest absolute Gasteiger partial charge is 0.266 e. The monoisotopic (exact) mass is 910 g/mol. The normalized spacial score (nSPS) is 14.8. The number of anilines is 3. The van der Waals surface area contributed by atoms with E-state index in [-0.39, 0.29) is 83.8 Å². The Morgan fingerprint density at radius 2 is 0.667 bits per heavy atom. The predicted octanol–water partition coefficient (Wildman–Crippen LogP) is 7.88. The fourth-order valence-electron chi connectivity index (χ4n) is 8.96. The summed E-state index contributed by atoms with van der Waals surface area (Å²) in [5.74, 6) is -5.44. The molecule has 11 rings (SSSR count). The zero-order chi connectivity index (χ0) is 48.2. The number of imide groups is 4. The van der Waals surface area contributed by atoms with E-state index in [1.54, 1.807) is 30.3 Å². The number of hydrogen-bond donors (Lipinski definition) is 0. The molecule has 0 fully saturated rings. The van der Waals surface area contributed by atoms with Gasteiger partial charge in [-0.3, -0.25) is 52.8 Å². The molecule has 0 bridgehead atoms. The van der Waals surface area contributed by atoms with Gasteiger partial charge in [-0.2, -0.15) is 0 Å². The second-order valence-electron chi connectivity index (χ2n) is 16.6. The zero-order valence-electron chi connectivity index (χ0n) is 36.1. The third-order valence-electron chi connectivity index (χ3n) is 12.4. The Kier molecular flexibility index (Phi) is 9.37. The highest BCUT2D eigenvalue weighted by atomic mass is 16.5. The topological polar surface area (TPSA) is 193 Å². The number of ether oxygens (including phenoxy) is 1. The molecule has 7 aromatic rings. The zero-order valence-corrected chi connectivity index (χ0v) is 36.1. The lowest BCUT2D eigenvalue weighted by Crippen LogP contribution is -2.31. The van der Waals surface area contributed by atoms with E-state index in [9.17, 15) is 47.9 Å². The summed E-state index contributed by atoms with van der Waals surface area (Å²) >= 11 is 0. The minimum absolute atomic E-state index is 0.00219. The average Bonchev–Trinajstić information content (AvgIpc) is 3.95. The number of amides is 8. The summed E-state index contributed by atoms with van der Waals surface area (Å²) in [4.78, 5) is 139. The Balaban J connectivity index is 0.813. The Morgan fingerprint density at radius 1 is 0.348 bits per heavy atom. The molecule has 15 heteroatoms. The van der Waals surface area contributed by atoms with Gasteiger partial charge in [0, 0.05) is 35.4 Å². The van der Waals surface area contributed by atoms with Crippen molar-refractivity contribution in [2.45, 2.75) is 6.92 Å². The van der Waals surface area contributed by atoms with Gasteiger partial charge in [-0.1, -0.05) is 48.5 Å². The molecule has 0 aliphatic carbocycles. The standard InChI is InChI=1S/C54H30N4O11/c1-27-6-3-10-35(20-27)69-36-11-5-9-34(26-36)58-51(65)40-19-15-31(24-44(40)54(58)68)46(60)30-14-18-39-43(23-30)53(67)57(50(39)64)33-8-4-7-32(25-33)56-49(63)38-17-13-29(22-42(38)52(56)66)45(59)28-12-16-37-41(21-28)48(62)55(2)47(37)61/h3-26H,1-2H3. The molecule has 4 aliphatic rings. The highest BCUT2D eigenvalue weighted by Crippen LogP contribution is 2.37. The van der Waals surface area contributed by atoms with Crippen molar-refractivity contribution in [1.82, 2.24) is 4.90 Å². The molecule has 332 valence electrons. The lowest BCUT2D eigenvalue weighted by atomic mass is 9.96. The van der Waals surface area contributed by atoms with Crippen molar-refractivity contribution in [3.05, 3.63) is 218 Å². The van der Waals surface area contributed by atoms with Gasteiger partial charge in [-0.05, 0) is 103 Å². The molecule has 0 radical (unpaired) electrons. The van der Waals surface area contributed by atoms with Crippen LogP contribution in [0, 0.1) is 6.92 Å². The maximum absolute atomic E-state index is 14.0. The first-order valence-corrected chi connectivity index (χ1v) is 21.3. The summed E-state index contributed by atoms with van der Waals surface area (Å²) < 4.78 is 5.97. The summed E-state index contributed by atoms with van der Waals surface area (Å²) in [6, 6.07) is 35.8. The highest BCUT2D eigenvalue weighted by molar-refractivity contribution is 6.38. The molecular formula is C54H30N4O11. The molecule has 0 saturated carbocycles. The lowest BCUT2D eigenvalue weighted by Gasteiger charge is -2.18. The van der Waals surface area contributed by atoms with Crippen molar-refractivity contribution in [2.75, 3.05) is 21.7 Å². The van der Waals surface area contributed by atoms with Gasteiger partial charge in [0.05, 0.1) is 61.6 Å². The first-order valence-electron chi connectivity index (χ1n) is 21.3. The van der Waals surface area contributed by atoms with Crippen molar-refractivity contribution < 1.29 is 52.7 Å². The van der Waals surface area contributed by atoms with Crippen LogP contribution in [0.4, 0.5) is 17.1 Å². The van der Waals surface area contributed by atoms with Crippen molar-refractivity contribution in [1.29, 1.82) is 0 Å². The molecule has 0 unspecified atom stereocenters. The van der Waals surface area contributed by atoms with E-state index in [1.165, 1.54) is 104 Å². The summed E-state index contributed by atoms with van der Waals surface area (Å²) in [5.41, 5.74) is 1.68. The van der Waals surface area contributed by atoms with E-state index in [2.05, 4.69) is 0 Å². The number of fused-ring (bicyclic) bond motifs is 4. The van der Waals surface area contributed by atoms with Gasteiger partial charge in [-0.15, -0.1) is 0 Å². The Bertz CT molecular complexity index is 3650. The van der Waals surface area contributed by atoms with Gasteiger partial charge in [0.1, 0.15) is 11.5 Å². The van der Waals surface area contributed by atoms with Crippen molar-refractivity contribution >= 4 is 75.9 Å². The minimum atomic E-state index is -0.782. The van der Waals surface area contributed by atoms with Gasteiger partial charge in [0.15, 0.2) is 11.6 Å². The number of nitrogens with zero attached hydrogens (tertiary/aromatic N) is 4. The number of carbonyl (C=O) groups is 10. The van der Waals surface area contributed by atoms with Gasteiger partial charge < -0.3 is 4.74 Å². The van der Waals surface area contributed by atoms with E-state index < -0.39 is 58.8 Å². The van der Waals surface area contributed by atoms with Crippen LogP contribution < -0.4 is 19.4 Å². The van der Waals surface area contributed by atoms with Crippen molar-refractivity contribution in [2.24, 2.45) is 0 Å². The van der Waals surface area contributed by atoms with Gasteiger partial charge in [0.25, 0.3) is 47.3 Å². The number of ketones is 2. The van der Waals surface area contributed by atoms with Crippen LogP contribution in [0.2, 0.25) is 0 Å². The Labute approximate surface area is 390 Å². The third kappa shape index (κ3) is 6.51. The first kappa shape index (κ1) is 41.9. The van der Waals surface area contributed by atoms with Crippen molar-refractivity contribution in [3.63, 3.8) is 0 Å². The van der Waals surface area contributed by atoms with Gasteiger partial charge >= 0.3 is 0 Å². The third-order valence-corrected chi connectivity index (χ3v) is 12.4. The number of carbonyl (C=O) groups excluding carboxylic acids is 10. The maximum atomic E-state index is 14.0. The molecule has 15 nitrogen and oxygen atoms in total. The largest absolute Gasteiger partial charge is 0.457 e. The van der Waals surface area contributed by atoms with E-state index in [0.717, 1.165) is 25.2 Å². The van der Waals surface area contributed by atoms with E-state index in [0.29, 0.717) is 11.5 Å². The van der Waals surface area contributed by atoms with Crippen LogP contribution in [0.25, 0.3) is 0 Å². The van der Waals surface area contributed by atoms with Gasteiger partial charge in [-0.25, -0.2) is 14.7 Å². The van der Waals surface area contributed by atoms with Crippen LogP contribution in [0.1, 0.15) is 120 Å². The first-order chi connectivity index (χ1) is 33.2. The number of hydrogen-bond acceptors (Lipinski definition) is 11. The summed E-state index contributed by atoms with van der Waals surface area (Å²) in [6.07, 6.45) is 0. The summed E-state index contributed by atoms with van der Waals surface area (Å²) in [7, 11) is 1.34. The molecule has 4 aliphatic heterocycles. The molecule has 0 spiro atoms. The molecule has 0 aromatic heterocycles. The molecule has 0 N–H and O–H groups in total. The van der Waals surface area contributed by atoms with Crippen LogP contribution in [-0.2, 0) is 0 Å². The molecule has 0 saturated heterocycles. The maximum Gasteiger partial charge on any atom is 0.266 e. The van der Waals surface area contributed by atoms with Crippen LogP contribution in [0.15, 0.2) is 146 Å². The highest BCUT2D eigenvalue weighted by Gasteiger charge is 2.42. The summed E-state index contributed by atoms with van der Waals surface area (Å²) in [5, 5.41) is 0. The molecule has 8 amide bonds. The van der Waals surface area contributed by atoms with E-state index in [4.69, 9.17) is 4.74 Å². The molecule has 7 aromatic carbocycles. The second-order valence-corrected chi connectivity index (χ2v) is 16.6. The predicted molar refractivity (Wildman–Crippen MR) is 247 cm³/mol. The van der Waals surface area contributed by atoms with Crippen LogP contribution in [0.3, 0.4) is 0 Å². The van der Waals surface area contributed by atoms with Crippen LogP contribution >= 0.6 is 0 Å². The Morgan fingerprint density at radius 3 is 1.09 bits per heavy atom. The number of benzene rings is 7. The molecule has 0 atom stereocenters. The minimum Gasteiger partial charge on any atom is -0.457 e. The van der Waals surface area contributed by atoms with Crippen molar-refractivity contribution in [3.8, 4) is 11.5 Å². The SMILES string of the molecule is Cc1cccc(Oc2cccc(N3C(=O)c4ccc(C(=O)c5ccc6c(c5)C(=O)N(c5cccc(N7C(=O)c8ccc(C(=O)c9ccc%10c(c9)C(=O)N(C)C%10=O)cc8C7=O)c5)C6=O)cc4C3=O)c2)c1. The fraction of sp³-hybridized carbons (Fsp3) is 0.0370. The average molecular weight is 911 g/mol. The van der Waals surface area contributed by atoms with E-state index in [1.807, 2.05) is 25.1 Å². The second kappa shape index (κ2) is 15.4. The number of aryl methyl sites for hydroxylation is 1. The van der Waals surface area contributed by atoms with Crippen LogP contribution in [-0.4, -0.2) is 70.8 Å². The lowest BCUT2D eigenvalue weighted by molar-refractivity contribution is 0.0690. The van der Waals surface area contributed by atoms with Gasteiger partial charge in [0.2, 0.25) is 0 Å². The van der Waals surface area contributed by atoms with E-state index >= 15 is 0 Å².